The molecule has 2 rings (SSSR count). The van der Waals surface area contributed by atoms with E-state index in [0.29, 0.717) is 13.0 Å². The molecule has 8 nitrogen and oxygen atoms in total. The number of thiophene rings is 1. The minimum Gasteiger partial charge on any atom is -0.350 e. The van der Waals surface area contributed by atoms with Crippen LogP contribution in [0.5, 0.6) is 0 Å². The monoisotopic (exact) mass is 328 g/mol. The van der Waals surface area contributed by atoms with Crippen LogP contribution < -0.4 is 16.0 Å². The Morgan fingerprint density at radius 1 is 1.43 bits per heavy atom. The van der Waals surface area contributed by atoms with E-state index in [1.54, 1.807) is 6.07 Å². The van der Waals surface area contributed by atoms with E-state index in [0.717, 1.165) is 22.4 Å². The van der Waals surface area contributed by atoms with E-state index in [9.17, 15) is 18.0 Å². The van der Waals surface area contributed by atoms with Crippen LogP contribution in [0.1, 0.15) is 15.4 Å². The van der Waals surface area contributed by atoms with Gasteiger partial charge in [-0.3, -0.25) is 9.59 Å². The van der Waals surface area contributed by atoms with Gasteiger partial charge in [-0.25, -0.2) is 18.5 Å². The van der Waals surface area contributed by atoms with E-state index < -0.39 is 15.9 Å². The van der Waals surface area contributed by atoms with Crippen molar-refractivity contribution in [2.45, 2.75) is 10.6 Å². The van der Waals surface area contributed by atoms with Gasteiger partial charge < -0.3 is 10.3 Å². The zero-order chi connectivity index (χ0) is 15.5. The second-order valence-electron chi connectivity index (χ2n) is 4.07. The summed E-state index contributed by atoms with van der Waals surface area (Å²) in [6.45, 7) is 0.310. The van der Waals surface area contributed by atoms with E-state index >= 15 is 0 Å². The molecule has 0 spiro atoms. The summed E-state index contributed by atoms with van der Waals surface area (Å²) in [6, 6.07) is 3.08. The summed E-state index contributed by atoms with van der Waals surface area (Å²) < 4.78 is 22.3. The van der Waals surface area contributed by atoms with Crippen LogP contribution in [-0.4, -0.2) is 30.8 Å². The number of carbonyl (C=O) groups excluding carboxylic acids is 1. The lowest BCUT2D eigenvalue weighted by Crippen LogP contribution is -2.27. The SMILES string of the molecule is NS(=O)(=O)c1ccc(CCNC(=O)c2c[nH]c(=O)cn2)s1. The molecule has 0 aliphatic heterocycles. The van der Waals surface area contributed by atoms with Gasteiger partial charge in [0.1, 0.15) is 9.90 Å². The minimum atomic E-state index is -3.68. The van der Waals surface area contributed by atoms with Gasteiger partial charge in [0.15, 0.2) is 0 Å². The van der Waals surface area contributed by atoms with Gasteiger partial charge in [0, 0.05) is 17.6 Å². The van der Waals surface area contributed by atoms with Gasteiger partial charge in [-0.1, -0.05) is 0 Å². The molecule has 2 aromatic rings. The Bertz CT molecular complexity index is 789. The van der Waals surface area contributed by atoms with E-state index in [1.807, 2.05) is 0 Å². The third-order valence-corrected chi connectivity index (χ3v) is 5.06. The summed E-state index contributed by atoms with van der Waals surface area (Å²) in [5.74, 6) is -0.422. The summed E-state index contributed by atoms with van der Waals surface area (Å²) >= 11 is 1.06. The molecule has 0 bridgehead atoms. The molecule has 0 aliphatic rings. The summed E-state index contributed by atoms with van der Waals surface area (Å²) in [6.07, 6.45) is 2.71. The Hall–Kier alpha value is -2.04. The Morgan fingerprint density at radius 2 is 2.19 bits per heavy atom. The van der Waals surface area contributed by atoms with Crippen molar-refractivity contribution >= 4 is 27.3 Å². The number of nitrogens with zero attached hydrogens (tertiary/aromatic N) is 1. The molecule has 0 fully saturated rings. The first-order valence-corrected chi connectivity index (χ1v) is 8.17. The number of aromatic nitrogens is 2. The van der Waals surface area contributed by atoms with Crippen molar-refractivity contribution in [2.75, 3.05) is 6.54 Å². The maximum atomic E-state index is 11.7. The minimum absolute atomic E-state index is 0.0890. The van der Waals surface area contributed by atoms with Gasteiger partial charge in [-0.2, -0.15) is 0 Å². The van der Waals surface area contributed by atoms with Crippen LogP contribution in [0, 0.1) is 0 Å². The summed E-state index contributed by atoms with van der Waals surface area (Å²) in [4.78, 5) is 29.4. The highest BCUT2D eigenvalue weighted by atomic mass is 32.2. The topological polar surface area (TPSA) is 135 Å². The number of rotatable bonds is 5. The van der Waals surface area contributed by atoms with E-state index in [4.69, 9.17) is 5.14 Å². The largest absolute Gasteiger partial charge is 0.350 e. The third-order valence-electron chi connectivity index (χ3n) is 2.48. The van der Waals surface area contributed by atoms with Gasteiger partial charge in [0.05, 0.1) is 6.20 Å². The molecule has 0 radical (unpaired) electrons. The van der Waals surface area contributed by atoms with E-state index in [2.05, 4.69) is 15.3 Å². The van der Waals surface area contributed by atoms with Gasteiger partial charge >= 0.3 is 0 Å². The number of hydrogen-bond acceptors (Lipinski definition) is 6. The predicted molar refractivity (Wildman–Crippen MR) is 76.6 cm³/mol. The molecule has 21 heavy (non-hydrogen) atoms. The molecule has 0 aromatic carbocycles. The number of hydrogen-bond donors (Lipinski definition) is 3. The van der Waals surface area contributed by atoms with Gasteiger partial charge in [-0.15, -0.1) is 11.3 Å². The fourth-order valence-corrected chi connectivity index (χ4v) is 3.28. The summed E-state index contributed by atoms with van der Waals surface area (Å²) in [7, 11) is -3.68. The predicted octanol–water partition coefficient (Wildman–Crippen LogP) is -0.549. The number of carbonyl (C=O) groups is 1. The van der Waals surface area contributed by atoms with Crippen LogP contribution in [0.25, 0.3) is 0 Å². The first kappa shape index (κ1) is 15.4. The molecule has 0 saturated heterocycles. The van der Waals surface area contributed by atoms with E-state index in [1.165, 1.54) is 12.3 Å². The third kappa shape index (κ3) is 4.21. The van der Waals surface area contributed by atoms with Gasteiger partial charge in [-0.05, 0) is 18.6 Å². The van der Waals surface area contributed by atoms with Crippen molar-refractivity contribution < 1.29 is 13.2 Å². The quantitative estimate of drug-likeness (QED) is 0.677. The van der Waals surface area contributed by atoms with Gasteiger partial charge in [0.2, 0.25) is 10.0 Å². The van der Waals surface area contributed by atoms with Crippen molar-refractivity contribution in [2.24, 2.45) is 5.14 Å². The number of nitrogens with two attached hydrogens (primary N) is 1. The maximum absolute atomic E-state index is 11.7. The Balaban J connectivity index is 1.89. The zero-order valence-electron chi connectivity index (χ0n) is 10.7. The van der Waals surface area contributed by atoms with Crippen LogP contribution >= 0.6 is 11.3 Å². The van der Waals surface area contributed by atoms with Crippen LogP contribution in [0.4, 0.5) is 0 Å². The molecule has 0 aliphatic carbocycles. The highest BCUT2D eigenvalue weighted by Gasteiger charge is 2.11. The number of amides is 1. The second kappa shape index (κ2) is 6.16. The first-order chi connectivity index (χ1) is 9.86. The van der Waals surface area contributed by atoms with Crippen molar-refractivity contribution in [3.05, 3.63) is 45.5 Å². The lowest BCUT2D eigenvalue weighted by atomic mass is 10.3. The lowest BCUT2D eigenvalue weighted by Gasteiger charge is -2.02. The Kier molecular flexibility index (Phi) is 4.50. The van der Waals surface area contributed by atoms with Crippen molar-refractivity contribution in [3.63, 3.8) is 0 Å². The van der Waals surface area contributed by atoms with Gasteiger partial charge in [0.25, 0.3) is 11.5 Å². The molecule has 4 N–H and O–H groups in total. The van der Waals surface area contributed by atoms with Crippen molar-refractivity contribution in [3.8, 4) is 0 Å². The number of primary sulfonamides is 1. The van der Waals surface area contributed by atoms with Crippen LogP contribution in [0.2, 0.25) is 0 Å². The molecule has 112 valence electrons. The van der Waals surface area contributed by atoms with Crippen LogP contribution in [0.3, 0.4) is 0 Å². The van der Waals surface area contributed by atoms with E-state index in [-0.39, 0.29) is 15.5 Å². The summed E-state index contributed by atoms with van der Waals surface area (Å²) in [5, 5.41) is 7.63. The van der Waals surface area contributed by atoms with Crippen LogP contribution in [0.15, 0.2) is 33.5 Å². The molecule has 2 aromatic heterocycles. The summed E-state index contributed by atoms with van der Waals surface area (Å²) in [5.41, 5.74) is -0.285. The highest BCUT2D eigenvalue weighted by Crippen LogP contribution is 2.20. The normalized spacial score (nSPS) is 11.3. The lowest BCUT2D eigenvalue weighted by molar-refractivity contribution is 0.0948. The standard InChI is InChI=1S/C11H12N4O4S2/c12-21(18,19)10-2-1-7(20-10)3-4-13-11(17)8-5-15-9(16)6-14-8/h1-2,5-6H,3-4H2,(H,13,17)(H,15,16)(H2,12,18,19). The Morgan fingerprint density at radius 3 is 2.76 bits per heavy atom. The molecule has 1 amide bonds. The maximum Gasteiger partial charge on any atom is 0.271 e. The van der Waals surface area contributed by atoms with Crippen molar-refractivity contribution in [1.29, 1.82) is 0 Å². The average molecular weight is 328 g/mol. The molecule has 0 unspecified atom stereocenters. The number of aromatic amines is 1. The fraction of sp³-hybridized carbons (Fsp3) is 0.182. The molecule has 2 heterocycles. The first-order valence-electron chi connectivity index (χ1n) is 5.81. The molecule has 10 heteroatoms. The smallest absolute Gasteiger partial charge is 0.271 e. The van der Waals surface area contributed by atoms with Crippen LogP contribution in [-0.2, 0) is 16.4 Å². The second-order valence-corrected chi connectivity index (χ2v) is 7.02. The molecule has 0 saturated carbocycles. The zero-order valence-corrected chi connectivity index (χ0v) is 12.3. The molecule has 0 atom stereocenters. The van der Waals surface area contributed by atoms with Crippen molar-refractivity contribution in [1.82, 2.24) is 15.3 Å². The molecular weight excluding hydrogens is 316 g/mol. The molecular formula is C11H12N4O4S2. The highest BCUT2D eigenvalue weighted by molar-refractivity contribution is 7.91. The average Bonchev–Trinajstić information content (AvgIpc) is 2.88. The number of H-pyrrole nitrogens is 1. The number of sulfonamides is 1. The Labute approximate surface area is 124 Å². The fourth-order valence-electron chi connectivity index (χ4n) is 1.50. The number of nitrogens with one attached hydrogen (secondary N) is 2.